The van der Waals surface area contributed by atoms with Gasteiger partial charge in [0.05, 0.1) is 0 Å². The molecule has 0 bridgehead atoms. The zero-order chi connectivity index (χ0) is 5.33. The average Bonchev–Trinajstić information content (AvgIpc) is 1.84. The standard InChI is InChI=1S/C6H13N.K.H/c1-6(2)4-3-5-7-6;;/h7H,3-5H2,1-2H3;;. The van der Waals surface area contributed by atoms with E-state index in [0.717, 1.165) is 0 Å². The Balaban J connectivity index is 0.000000490. The van der Waals surface area contributed by atoms with Crippen LogP contribution < -0.4 is 5.32 Å². The molecular weight excluding hydrogens is 125 g/mol. The van der Waals surface area contributed by atoms with Crippen molar-refractivity contribution in [2.24, 2.45) is 0 Å². The van der Waals surface area contributed by atoms with Gasteiger partial charge in [0, 0.05) is 5.54 Å². The summed E-state index contributed by atoms with van der Waals surface area (Å²) in [5.74, 6) is 0. The Morgan fingerprint density at radius 2 is 2.00 bits per heavy atom. The fourth-order valence-corrected chi connectivity index (χ4v) is 1.05. The Morgan fingerprint density at radius 1 is 1.38 bits per heavy atom. The molecule has 0 aromatic carbocycles. The molecule has 1 nitrogen and oxygen atoms in total. The van der Waals surface area contributed by atoms with Gasteiger partial charge in [0.15, 0.2) is 0 Å². The zero-order valence-electron chi connectivity index (χ0n) is 5.12. The monoisotopic (exact) mass is 139 g/mol. The molecule has 0 atom stereocenters. The van der Waals surface area contributed by atoms with Crippen molar-refractivity contribution in [2.75, 3.05) is 6.54 Å². The minimum atomic E-state index is 0. The van der Waals surface area contributed by atoms with Crippen molar-refractivity contribution in [3.8, 4) is 0 Å². The van der Waals surface area contributed by atoms with Gasteiger partial charge in [0.25, 0.3) is 0 Å². The van der Waals surface area contributed by atoms with Crippen molar-refractivity contribution in [1.82, 2.24) is 5.32 Å². The van der Waals surface area contributed by atoms with Gasteiger partial charge in [0.1, 0.15) is 0 Å². The molecule has 0 aliphatic carbocycles. The summed E-state index contributed by atoms with van der Waals surface area (Å²) in [5.41, 5.74) is 0.444. The molecule has 1 fully saturated rings. The molecule has 1 aliphatic rings. The van der Waals surface area contributed by atoms with E-state index in [-0.39, 0.29) is 51.4 Å². The number of nitrogens with one attached hydrogen (secondary N) is 1. The Bertz CT molecular complexity index is 62.9. The Kier molecular flexibility index (Phi) is 4.42. The molecule has 0 amide bonds. The number of rotatable bonds is 0. The van der Waals surface area contributed by atoms with Gasteiger partial charge in [-0.2, -0.15) is 0 Å². The van der Waals surface area contributed by atoms with Crippen LogP contribution in [0.4, 0.5) is 0 Å². The van der Waals surface area contributed by atoms with E-state index in [0.29, 0.717) is 5.54 Å². The predicted octanol–water partition coefficient (Wildman–Crippen LogP) is 0.500. The van der Waals surface area contributed by atoms with Crippen LogP contribution in [-0.4, -0.2) is 63.5 Å². The summed E-state index contributed by atoms with van der Waals surface area (Å²) in [6.07, 6.45) is 2.69. The van der Waals surface area contributed by atoms with Gasteiger partial charge >= 0.3 is 51.4 Å². The van der Waals surface area contributed by atoms with E-state index >= 15 is 0 Å². The first-order valence-corrected chi connectivity index (χ1v) is 2.96. The van der Waals surface area contributed by atoms with Crippen molar-refractivity contribution in [3.63, 3.8) is 0 Å². The van der Waals surface area contributed by atoms with Crippen molar-refractivity contribution in [3.05, 3.63) is 0 Å². The molecular formula is C6H14KN. The van der Waals surface area contributed by atoms with Crippen LogP contribution in [-0.2, 0) is 0 Å². The summed E-state index contributed by atoms with van der Waals surface area (Å²) >= 11 is 0. The molecule has 1 aliphatic heterocycles. The van der Waals surface area contributed by atoms with Gasteiger partial charge < -0.3 is 5.32 Å². The third-order valence-corrected chi connectivity index (χ3v) is 1.58. The molecule has 0 unspecified atom stereocenters. The number of hydrogen-bond acceptors (Lipinski definition) is 1. The van der Waals surface area contributed by atoms with Gasteiger partial charge in [-0.05, 0) is 33.2 Å². The molecule has 1 saturated heterocycles. The summed E-state index contributed by atoms with van der Waals surface area (Å²) < 4.78 is 0. The molecule has 0 radical (unpaired) electrons. The fraction of sp³-hybridized carbons (Fsp3) is 1.00. The van der Waals surface area contributed by atoms with Gasteiger partial charge in [-0.1, -0.05) is 0 Å². The van der Waals surface area contributed by atoms with Gasteiger partial charge in [-0.25, -0.2) is 0 Å². The Hall–Kier alpha value is 1.60. The first-order chi connectivity index (χ1) is 3.21. The maximum atomic E-state index is 3.40. The molecule has 0 spiro atoms. The molecule has 2 heteroatoms. The molecule has 0 aromatic rings. The second-order valence-electron chi connectivity index (χ2n) is 2.91. The average molecular weight is 139 g/mol. The van der Waals surface area contributed by atoms with Crippen LogP contribution in [0.1, 0.15) is 26.7 Å². The summed E-state index contributed by atoms with van der Waals surface area (Å²) in [6, 6.07) is 0. The van der Waals surface area contributed by atoms with Crippen LogP contribution in [0, 0.1) is 0 Å². The van der Waals surface area contributed by atoms with Crippen LogP contribution in [0.5, 0.6) is 0 Å². The van der Waals surface area contributed by atoms with E-state index in [1.54, 1.807) is 0 Å². The predicted molar refractivity (Wildman–Crippen MR) is 38.5 cm³/mol. The third kappa shape index (κ3) is 2.94. The van der Waals surface area contributed by atoms with E-state index < -0.39 is 0 Å². The molecule has 0 saturated carbocycles. The van der Waals surface area contributed by atoms with Crippen molar-refractivity contribution < 1.29 is 0 Å². The van der Waals surface area contributed by atoms with E-state index in [2.05, 4.69) is 19.2 Å². The van der Waals surface area contributed by atoms with Crippen molar-refractivity contribution >= 4 is 51.4 Å². The second-order valence-corrected chi connectivity index (χ2v) is 2.91. The second kappa shape index (κ2) is 3.69. The van der Waals surface area contributed by atoms with Crippen LogP contribution in [0.3, 0.4) is 0 Å². The van der Waals surface area contributed by atoms with Crippen LogP contribution in [0.25, 0.3) is 0 Å². The molecule has 44 valence electrons. The van der Waals surface area contributed by atoms with Gasteiger partial charge in [-0.15, -0.1) is 0 Å². The van der Waals surface area contributed by atoms with Crippen molar-refractivity contribution in [2.45, 2.75) is 32.2 Å². The maximum absolute atomic E-state index is 3.40. The van der Waals surface area contributed by atoms with E-state index in [1.165, 1.54) is 19.4 Å². The summed E-state index contributed by atoms with van der Waals surface area (Å²) in [4.78, 5) is 0. The third-order valence-electron chi connectivity index (χ3n) is 1.58. The molecule has 1 rings (SSSR count). The quantitative estimate of drug-likeness (QED) is 0.482. The first-order valence-electron chi connectivity index (χ1n) is 2.96. The summed E-state index contributed by atoms with van der Waals surface area (Å²) in [6.45, 7) is 5.72. The topological polar surface area (TPSA) is 12.0 Å². The zero-order valence-corrected chi connectivity index (χ0v) is 5.12. The molecule has 8 heavy (non-hydrogen) atoms. The molecule has 1 N–H and O–H groups in total. The number of hydrogen-bond donors (Lipinski definition) is 1. The van der Waals surface area contributed by atoms with Gasteiger partial charge in [0.2, 0.25) is 0 Å². The summed E-state index contributed by atoms with van der Waals surface area (Å²) in [5, 5.41) is 3.40. The Labute approximate surface area is 94.0 Å². The van der Waals surface area contributed by atoms with E-state index in [4.69, 9.17) is 0 Å². The normalized spacial score (nSPS) is 24.8. The fourth-order valence-electron chi connectivity index (χ4n) is 1.05. The first kappa shape index (κ1) is 9.60. The van der Waals surface area contributed by atoms with Gasteiger partial charge in [-0.3, -0.25) is 0 Å². The Morgan fingerprint density at radius 3 is 2.12 bits per heavy atom. The van der Waals surface area contributed by atoms with Crippen LogP contribution in [0.15, 0.2) is 0 Å². The van der Waals surface area contributed by atoms with Crippen LogP contribution in [0.2, 0.25) is 0 Å². The van der Waals surface area contributed by atoms with Crippen molar-refractivity contribution in [1.29, 1.82) is 0 Å². The summed E-state index contributed by atoms with van der Waals surface area (Å²) in [7, 11) is 0. The minimum absolute atomic E-state index is 0. The van der Waals surface area contributed by atoms with Crippen LogP contribution >= 0.6 is 0 Å². The van der Waals surface area contributed by atoms with E-state index in [1.807, 2.05) is 0 Å². The molecule has 0 aromatic heterocycles. The molecule has 1 heterocycles. The van der Waals surface area contributed by atoms with E-state index in [9.17, 15) is 0 Å². The SMILES string of the molecule is CC1(C)CCCN1.[KH].